The maximum Gasteiger partial charge on any atom is 0.247 e. The Morgan fingerprint density at radius 1 is 1.07 bits per heavy atom. The van der Waals surface area contributed by atoms with Crippen molar-refractivity contribution < 1.29 is 19.4 Å². The van der Waals surface area contributed by atoms with Crippen LogP contribution in [0.5, 0.6) is 5.75 Å². The van der Waals surface area contributed by atoms with E-state index in [1.165, 1.54) is 0 Å². The Labute approximate surface area is 166 Å². The summed E-state index contributed by atoms with van der Waals surface area (Å²) in [6.07, 6.45) is 0. The molecule has 150 valence electrons. The van der Waals surface area contributed by atoms with Gasteiger partial charge in [0, 0.05) is 19.0 Å². The van der Waals surface area contributed by atoms with Crippen molar-refractivity contribution in [1.82, 2.24) is 10.2 Å². The quantitative estimate of drug-likeness (QED) is 0.696. The largest absolute Gasteiger partial charge is 0.497 e. The van der Waals surface area contributed by atoms with E-state index in [2.05, 4.69) is 5.32 Å². The number of ether oxygens (including phenoxy) is 1. The van der Waals surface area contributed by atoms with E-state index in [0.29, 0.717) is 0 Å². The van der Waals surface area contributed by atoms with E-state index in [9.17, 15) is 9.59 Å². The number of carbonyl (C=O) groups is 2. The smallest absolute Gasteiger partial charge is 0.247 e. The van der Waals surface area contributed by atoms with Crippen LogP contribution in [0.4, 0.5) is 0 Å². The molecule has 1 atom stereocenters. The molecule has 6 nitrogen and oxygen atoms in total. The number of benzene rings is 2. The number of aliphatic hydroxyl groups is 1. The maximum absolute atomic E-state index is 13.0. The molecule has 2 rings (SSSR count). The number of hydrogen-bond donors (Lipinski definition) is 2. The maximum atomic E-state index is 13.0. The normalized spacial score (nSPS) is 11.8. The van der Waals surface area contributed by atoms with Crippen LogP contribution in [0.25, 0.3) is 0 Å². The lowest BCUT2D eigenvalue weighted by molar-refractivity contribution is -0.144. The molecule has 0 saturated carbocycles. The molecule has 2 aromatic carbocycles. The SMILES string of the molecule is COc1ccc(CN(C(=O)C(C)C)[C@H](C(=O)NCCO)c2ccccc2)cc1. The minimum absolute atomic E-state index is 0.121. The van der Waals surface area contributed by atoms with E-state index in [4.69, 9.17) is 9.84 Å². The fourth-order valence-electron chi connectivity index (χ4n) is 2.94. The third-order valence-electron chi connectivity index (χ3n) is 4.38. The third kappa shape index (κ3) is 5.57. The Hall–Kier alpha value is -2.86. The van der Waals surface area contributed by atoms with E-state index in [-0.39, 0.29) is 37.4 Å². The van der Waals surface area contributed by atoms with E-state index >= 15 is 0 Å². The summed E-state index contributed by atoms with van der Waals surface area (Å²) < 4.78 is 5.19. The van der Waals surface area contributed by atoms with Gasteiger partial charge in [-0.2, -0.15) is 0 Å². The molecule has 0 aliphatic rings. The lowest BCUT2D eigenvalue weighted by Gasteiger charge is -2.33. The van der Waals surface area contributed by atoms with Crippen LogP contribution in [-0.4, -0.2) is 42.1 Å². The number of rotatable bonds is 9. The molecule has 2 amide bonds. The zero-order valence-electron chi connectivity index (χ0n) is 16.6. The summed E-state index contributed by atoms with van der Waals surface area (Å²) in [5.41, 5.74) is 1.62. The van der Waals surface area contributed by atoms with Crippen LogP contribution < -0.4 is 10.1 Å². The number of nitrogens with one attached hydrogen (secondary N) is 1. The molecule has 6 heteroatoms. The second-order valence-corrected chi connectivity index (χ2v) is 6.80. The van der Waals surface area contributed by atoms with E-state index in [0.717, 1.165) is 16.9 Å². The highest BCUT2D eigenvalue weighted by atomic mass is 16.5. The highest BCUT2D eigenvalue weighted by molar-refractivity contribution is 5.89. The standard InChI is InChI=1S/C22H28N2O4/c1-16(2)22(27)24(15-17-9-11-19(28-3)12-10-17)20(21(26)23-13-14-25)18-7-5-4-6-8-18/h4-12,16,20,25H,13-15H2,1-3H3,(H,23,26)/t20-/m0/s1. The average Bonchev–Trinajstić information content (AvgIpc) is 2.72. The van der Waals surface area contributed by atoms with Crippen molar-refractivity contribution in [2.24, 2.45) is 5.92 Å². The van der Waals surface area contributed by atoms with E-state index in [1.54, 1.807) is 12.0 Å². The van der Waals surface area contributed by atoms with Crippen molar-refractivity contribution in [1.29, 1.82) is 0 Å². The summed E-state index contributed by atoms with van der Waals surface area (Å²) in [7, 11) is 1.60. The Balaban J connectivity index is 2.42. The monoisotopic (exact) mass is 384 g/mol. The second-order valence-electron chi connectivity index (χ2n) is 6.80. The molecule has 28 heavy (non-hydrogen) atoms. The molecule has 0 aromatic heterocycles. The van der Waals surface area contributed by atoms with Gasteiger partial charge in [-0.3, -0.25) is 9.59 Å². The van der Waals surface area contributed by atoms with Crippen molar-refractivity contribution in [3.63, 3.8) is 0 Å². The van der Waals surface area contributed by atoms with Crippen molar-refractivity contribution >= 4 is 11.8 Å². The molecule has 0 saturated heterocycles. The molecule has 0 heterocycles. The summed E-state index contributed by atoms with van der Waals surface area (Å²) in [4.78, 5) is 27.6. The first kappa shape index (κ1) is 21.4. The lowest BCUT2D eigenvalue weighted by Crippen LogP contribution is -2.45. The summed E-state index contributed by atoms with van der Waals surface area (Å²) in [6, 6.07) is 15.8. The molecule has 0 aliphatic heterocycles. The van der Waals surface area contributed by atoms with E-state index < -0.39 is 6.04 Å². The molecule has 2 N–H and O–H groups in total. The number of amides is 2. The van der Waals surface area contributed by atoms with Gasteiger partial charge < -0.3 is 20.1 Å². The van der Waals surface area contributed by atoms with Crippen LogP contribution in [0.2, 0.25) is 0 Å². The number of nitrogens with zero attached hydrogens (tertiary/aromatic N) is 1. The Morgan fingerprint density at radius 3 is 2.25 bits per heavy atom. The summed E-state index contributed by atoms with van der Waals surface area (Å²) in [6.45, 7) is 3.89. The molecule has 0 bridgehead atoms. The molecule has 0 unspecified atom stereocenters. The first-order valence-corrected chi connectivity index (χ1v) is 9.34. The van der Waals surface area contributed by atoms with Gasteiger partial charge >= 0.3 is 0 Å². The minimum atomic E-state index is -0.787. The number of aliphatic hydroxyl groups excluding tert-OH is 1. The first-order valence-electron chi connectivity index (χ1n) is 9.34. The van der Waals surface area contributed by atoms with Gasteiger partial charge in [0.15, 0.2) is 0 Å². The number of carbonyl (C=O) groups excluding carboxylic acids is 2. The van der Waals surface area contributed by atoms with Crippen molar-refractivity contribution in [2.45, 2.75) is 26.4 Å². The third-order valence-corrected chi connectivity index (χ3v) is 4.38. The van der Waals surface area contributed by atoms with Gasteiger partial charge in [-0.05, 0) is 23.3 Å². The van der Waals surface area contributed by atoms with Crippen LogP contribution >= 0.6 is 0 Å². The van der Waals surface area contributed by atoms with Gasteiger partial charge in [0.1, 0.15) is 11.8 Å². The zero-order valence-corrected chi connectivity index (χ0v) is 16.6. The van der Waals surface area contributed by atoms with Gasteiger partial charge in [-0.15, -0.1) is 0 Å². The Morgan fingerprint density at radius 2 is 1.71 bits per heavy atom. The summed E-state index contributed by atoms with van der Waals surface area (Å²) in [5.74, 6) is 0.0208. The van der Waals surface area contributed by atoms with Gasteiger partial charge in [0.25, 0.3) is 0 Å². The predicted octanol–water partition coefficient (Wildman–Crippen LogP) is 2.53. The average molecular weight is 384 g/mol. The van der Waals surface area contributed by atoms with Gasteiger partial charge in [-0.25, -0.2) is 0 Å². The zero-order chi connectivity index (χ0) is 20.5. The van der Waals surface area contributed by atoms with Crippen LogP contribution in [-0.2, 0) is 16.1 Å². The van der Waals surface area contributed by atoms with Gasteiger partial charge in [0.05, 0.1) is 13.7 Å². The summed E-state index contributed by atoms with van der Waals surface area (Å²) >= 11 is 0. The van der Waals surface area contributed by atoms with Crippen LogP contribution in [0.3, 0.4) is 0 Å². The fraction of sp³-hybridized carbons (Fsp3) is 0.364. The number of hydrogen-bond acceptors (Lipinski definition) is 4. The molecule has 0 radical (unpaired) electrons. The molecule has 0 spiro atoms. The molecule has 2 aromatic rings. The summed E-state index contributed by atoms with van der Waals surface area (Å²) in [5, 5.41) is 11.8. The van der Waals surface area contributed by atoms with Crippen molar-refractivity contribution in [2.75, 3.05) is 20.3 Å². The molecular formula is C22H28N2O4. The highest BCUT2D eigenvalue weighted by Crippen LogP contribution is 2.26. The van der Waals surface area contributed by atoms with Crippen LogP contribution in [0.1, 0.15) is 31.0 Å². The van der Waals surface area contributed by atoms with Crippen LogP contribution in [0.15, 0.2) is 54.6 Å². The minimum Gasteiger partial charge on any atom is -0.497 e. The van der Waals surface area contributed by atoms with Gasteiger partial charge in [-0.1, -0.05) is 56.3 Å². The highest BCUT2D eigenvalue weighted by Gasteiger charge is 2.32. The van der Waals surface area contributed by atoms with Crippen LogP contribution in [0, 0.1) is 5.92 Å². The molecule has 0 fully saturated rings. The van der Waals surface area contributed by atoms with Crippen molar-refractivity contribution in [3.8, 4) is 5.75 Å². The van der Waals surface area contributed by atoms with Gasteiger partial charge in [0.2, 0.25) is 11.8 Å². The molecule has 0 aliphatic carbocycles. The fourth-order valence-corrected chi connectivity index (χ4v) is 2.94. The lowest BCUT2D eigenvalue weighted by atomic mass is 10.0. The van der Waals surface area contributed by atoms with E-state index in [1.807, 2.05) is 68.4 Å². The Kier molecular flexibility index (Phi) is 8.02. The number of methoxy groups -OCH3 is 1. The molecular weight excluding hydrogens is 356 g/mol. The Bertz CT molecular complexity index is 760. The second kappa shape index (κ2) is 10.5. The topological polar surface area (TPSA) is 78.9 Å². The van der Waals surface area contributed by atoms with Crippen molar-refractivity contribution in [3.05, 3.63) is 65.7 Å². The first-order chi connectivity index (χ1) is 13.5. The predicted molar refractivity (Wildman–Crippen MR) is 108 cm³/mol.